The first-order chi connectivity index (χ1) is 10.1. The highest BCUT2D eigenvalue weighted by atomic mass is 35.5. The minimum Gasteiger partial charge on any atom is -0.326 e. The second-order valence-corrected chi connectivity index (χ2v) is 5.15. The molecule has 8 heteroatoms. The fourth-order valence-corrected chi connectivity index (χ4v) is 2.35. The molecule has 1 aliphatic rings. The SMILES string of the molecule is O=C(CC1Cn2ncnc2NC1=O)Nc1cccc(Cl)c1. The lowest BCUT2D eigenvalue weighted by Gasteiger charge is -2.21. The van der Waals surface area contributed by atoms with E-state index >= 15 is 0 Å². The van der Waals surface area contributed by atoms with Crippen LogP contribution in [-0.4, -0.2) is 26.6 Å². The standard InChI is InChI=1S/C13H12ClN5O2/c14-9-2-1-3-10(5-9)17-11(20)4-8-6-19-13(15-7-16-19)18-12(8)21/h1-3,5,7-8H,4,6H2,(H,17,20)(H,15,16,18,21). The van der Waals surface area contributed by atoms with Gasteiger partial charge in [-0.3, -0.25) is 14.9 Å². The van der Waals surface area contributed by atoms with Crippen LogP contribution in [0.2, 0.25) is 5.02 Å². The Morgan fingerprint density at radius 3 is 3.19 bits per heavy atom. The molecule has 1 unspecified atom stereocenters. The van der Waals surface area contributed by atoms with Gasteiger partial charge in [0.1, 0.15) is 6.33 Å². The number of hydrogen-bond acceptors (Lipinski definition) is 4. The molecule has 1 aliphatic heterocycles. The van der Waals surface area contributed by atoms with E-state index in [1.54, 1.807) is 28.9 Å². The van der Waals surface area contributed by atoms with Gasteiger partial charge in [-0.2, -0.15) is 10.1 Å². The third-order valence-electron chi connectivity index (χ3n) is 3.15. The van der Waals surface area contributed by atoms with Crippen LogP contribution in [0.1, 0.15) is 6.42 Å². The van der Waals surface area contributed by atoms with Crippen LogP contribution < -0.4 is 10.6 Å². The fraction of sp³-hybridized carbons (Fsp3) is 0.231. The Bertz CT molecular complexity index is 699. The van der Waals surface area contributed by atoms with Gasteiger partial charge in [-0.1, -0.05) is 17.7 Å². The summed E-state index contributed by atoms with van der Waals surface area (Å²) in [6.45, 7) is 0.337. The van der Waals surface area contributed by atoms with E-state index in [1.807, 2.05) is 0 Å². The molecule has 0 saturated heterocycles. The van der Waals surface area contributed by atoms with E-state index < -0.39 is 5.92 Å². The normalized spacial score (nSPS) is 17.0. The van der Waals surface area contributed by atoms with Crippen LogP contribution >= 0.6 is 11.6 Å². The van der Waals surface area contributed by atoms with Crippen molar-refractivity contribution < 1.29 is 9.59 Å². The molecule has 0 radical (unpaired) electrons. The maximum Gasteiger partial charge on any atom is 0.232 e. The topological polar surface area (TPSA) is 88.9 Å². The minimum absolute atomic E-state index is 0.0671. The van der Waals surface area contributed by atoms with Crippen LogP contribution in [0.5, 0.6) is 0 Å². The molecule has 1 atom stereocenters. The van der Waals surface area contributed by atoms with Crippen molar-refractivity contribution >= 4 is 35.1 Å². The monoisotopic (exact) mass is 305 g/mol. The van der Waals surface area contributed by atoms with Crippen LogP contribution in [0.15, 0.2) is 30.6 Å². The number of halogens is 1. The number of fused-ring (bicyclic) bond motifs is 1. The number of hydrogen-bond donors (Lipinski definition) is 2. The highest BCUT2D eigenvalue weighted by molar-refractivity contribution is 6.30. The van der Waals surface area contributed by atoms with Gasteiger partial charge in [-0.05, 0) is 18.2 Å². The number of amides is 2. The molecule has 2 aromatic rings. The van der Waals surface area contributed by atoms with E-state index in [-0.39, 0.29) is 18.2 Å². The van der Waals surface area contributed by atoms with Gasteiger partial charge in [-0.25, -0.2) is 4.68 Å². The molecule has 2 amide bonds. The number of aromatic nitrogens is 3. The summed E-state index contributed by atoms with van der Waals surface area (Å²) in [5.74, 6) is -0.539. The van der Waals surface area contributed by atoms with Crippen LogP contribution in [0.3, 0.4) is 0 Å². The maximum atomic E-state index is 12.0. The number of anilines is 2. The van der Waals surface area contributed by atoms with Crippen LogP contribution in [0, 0.1) is 5.92 Å². The fourth-order valence-electron chi connectivity index (χ4n) is 2.16. The highest BCUT2D eigenvalue weighted by Gasteiger charge is 2.29. The largest absolute Gasteiger partial charge is 0.326 e. The number of nitrogens with one attached hydrogen (secondary N) is 2. The van der Waals surface area contributed by atoms with Crippen LogP contribution in [-0.2, 0) is 16.1 Å². The Morgan fingerprint density at radius 1 is 1.52 bits per heavy atom. The van der Waals surface area contributed by atoms with E-state index in [4.69, 9.17) is 11.6 Å². The number of benzene rings is 1. The number of carbonyl (C=O) groups is 2. The molecule has 0 saturated carbocycles. The zero-order valence-electron chi connectivity index (χ0n) is 10.9. The van der Waals surface area contributed by atoms with Crippen molar-refractivity contribution in [2.24, 2.45) is 5.92 Å². The second-order valence-electron chi connectivity index (χ2n) is 4.71. The quantitative estimate of drug-likeness (QED) is 0.900. The van der Waals surface area contributed by atoms with Gasteiger partial charge in [0, 0.05) is 17.1 Å². The first-order valence-corrected chi connectivity index (χ1v) is 6.74. The third-order valence-corrected chi connectivity index (χ3v) is 3.39. The molecule has 0 spiro atoms. The highest BCUT2D eigenvalue weighted by Crippen LogP contribution is 2.20. The Hall–Kier alpha value is -2.41. The van der Waals surface area contributed by atoms with Crippen molar-refractivity contribution in [3.05, 3.63) is 35.6 Å². The summed E-state index contributed by atoms with van der Waals surface area (Å²) in [4.78, 5) is 27.8. The van der Waals surface area contributed by atoms with E-state index in [2.05, 4.69) is 20.7 Å². The van der Waals surface area contributed by atoms with Gasteiger partial charge in [0.15, 0.2) is 0 Å². The average Bonchev–Trinajstić information content (AvgIpc) is 2.86. The zero-order valence-corrected chi connectivity index (χ0v) is 11.7. The van der Waals surface area contributed by atoms with E-state index in [9.17, 15) is 9.59 Å². The van der Waals surface area contributed by atoms with Crippen LogP contribution in [0.25, 0.3) is 0 Å². The van der Waals surface area contributed by atoms with Crippen molar-refractivity contribution in [2.75, 3.05) is 10.6 Å². The molecular weight excluding hydrogens is 294 g/mol. The second kappa shape index (κ2) is 5.53. The summed E-state index contributed by atoms with van der Waals surface area (Å²) in [6.07, 6.45) is 1.43. The molecule has 2 heterocycles. The van der Waals surface area contributed by atoms with Gasteiger partial charge >= 0.3 is 0 Å². The first kappa shape index (κ1) is 13.6. The molecule has 21 heavy (non-hydrogen) atoms. The Balaban J connectivity index is 1.64. The minimum atomic E-state index is -0.474. The molecule has 108 valence electrons. The Morgan fingerprint density at radius 2 is 2.38 bits per heavy atom. The summed E-state index contributed by atoms with van der Waals surface area (Å²) in [6, 6.07) is 6.85. The average molecular weight is 306 g/mol. The molecule has 2 N–H and O–H groups in total. The molecule has 7 nitrogen and oxygen atoms in total. The van der Waals surface area contributed by atoms with Gasteiger partial charge in [0.2, 0.25) is 17.8 Å². The maximum absolute atomic E-state index is 12.0. The van der Waals surface area contributed by atoms with E-state index in [1.165, 1.54) is 6.33 Å². The molecule has 1 aromatic carbocycles. The summed E-state index contributed by atoms with van der Waals surface area (Å²) in [5.41, 5.74) is 0.602. The van der Waals surface area contributed by atoms with Crippen molar-refractivity contribution in [2.45, 2.75) is 13.0 Å². The predicted molar refractivity (Wildman–Crippen MR) is 76.8 cm³/mol. The smallest absolute Gasteiger partial charge is 0.232 e. The lowest BCUT2D eigenvalue weighted by Crippen LogP contribution is -2.36. The van der Waals surface area contributed by atoms with E-state index in [0.717, 1.165) is 0 Å². The molecule has 0 bridgehead atoms. The Kier molecular flexibility index (Phi) is 3.57. The molecular formula is C13H12ClN5O2. The van der Waals surface area contributed by atoms with Crippen molar-refractivity contribution in [3.63, 3.8) is 0 Å². The van der Waals surface area contributed by atoms with Crippen molar-refractivity contribution in [1.29, 1.82) is 0 Å². The summed E-state index contributed by atoms with van der Waals surface area (Å²) in [5, 5.41) is 9.86. The lowest BCUT2D eigenvalue weighted by atomic mass is 10.0. The van der Waals surface area contributed by atoms with Gasteiger partial charge in [0.05, 0.1) is 12.5 Å². The summed E-state index contributed by atoms with van der Waals surface area (Å²) < 4.78 is 1.57. The van der Waals surface area contributed by atoms with E-state index in [0.29, 0.717) is 23.2 Å². The molecule has 0 aliphatic carbocycles. The van der Waals surface area contributed by atoms with Gasteiger partial charge < -0.3 is 5.32 Å². The zero-order chi connectivity index (χ0) is 14.8. The number of carbonyl (C=O) groups excluding carboxylic acids is 2. The third kappa shape index (κ3) is 3.03. The van der Waals surface area contributed by atoms with Crippen LogP contribution in [0.4, 0.5) is 11.6 Å². The van der Waals surface area contributed by atoms with Crippen molar-refractivity contribution in [1.82, 2.24) is 14.8 Å². The van der Waals surface area contributed by atoms with Crippen molar-refractivity contribution in [3.8, 4) is 0 Å². The summed E-state index contributed by atoms with van der Waals surface area (Å²) in [7, 11) is 0. The molecule has 1 aromatic heterocycles. The molecule has 0 fully saturated rings. The van der Waals surface area contributed by atoms with Gasteiger partial charge in [0.25, 0.3) is 0 Å². The van der Waals surface area contributed by atoms with Gasteiger partial charge in [-0.15, -0.1) is 0 Å². The lowest BCUT2D eigenvalue weighted by molar-refractivity contribution is -0.125. The first-order valence-electron chi connectivity index (χ1n) is 6.36. The number of rotatable bonds is 3. The predicted octanol–water partition coefficient (Wildman–Crippen LogP) is 1.53. The Labute approximate surface area is 125 Å². The molecule has 3 rings (SSSR count). The number of nitrogens with zero attached hydrogens (tertiary/aromatic N) is 3. The summed E-state index contributed by atoms with van der Waals surface area (Å²) >= 11 is 5.85.